The van der Waals surface area contributed by atoms with Crippen LogP contribution in [0, 0.1) is 0 Å². The van der Waals surface area contributed by atoms with Crippen molar-refractivity contribution >= 4 is 23.1 Å². The van der Waals surface area contributed by atoms with Crippen molar-refractivity contribution in [3.63, 3.8) is 0 Å². The number of anilines is 1. The van der Waals surface area contributed by atoms with Gasteiger partial charge in [-0.05, 0) is 39.3 Å². The standard InChI is InChI=1S/C17H23N3O2S/c1-17(2,3)22-16(21)20-9-5-8-18-14-7-4-6-13(12-14)15-19-10-11-23-15/h4,6-7,10-12,18H,5,8-9H2,1-3H3,(H,20,21). The summed E-state index contributed by atoms with van der Waals surface area (Å²) in [6.45, 7) is 6.90. The third-order valence-electron chi connectivity index (χ3n) is 2.89. The van der Waals surface area contributed by atoms with Gasteiger partial charge in [0, 0.05) is 35.9 Å². The molecular weight excluding hydrogens is 310 g/mol. The number of carbonyl (C=O) groups excluding carboxylic acids is 1. The van der Waals surface area contributed by atoms with Gasteiger partial charge in [-0.25, -0.2) is 9.78 Å². The van der Waals surface area contributed by atoms with Crippen LogP contribution in [0.3, 0.4) is 0 Å². The molecule has 0 aliphatic rings. The Morgan fingerprint density at radius 3 is 2.83 bits per heavy atom. The summed E-state index contributed by atoms with van der Waals surface area (Å²) in [6, 6.07) is 8.17. The molecular formula is C17H23N3O2S. The van der Waals surface area contributed by atoms with Crippen LogP contribution in [0.4, 0.5) is 10.5 Å². The molecule has 23 heavy (non-hydrogen) atoms. The molecule has 0 aliphatic carbocycles. The van der Waals surface area contributed by atoms with Crippen molar-refractivity contribution in [3.8, 4) is 10.6 Å². The van der Waals surface area contributed by atoms with Gasteiger partial charge >= 0.3 is 6.09 Å². The summed E-state index contributed by atoms with van der Waals surface area (Å²) in [6.07, 6.45) is 2.26. The lowest BCUT2D eigenvalue weighted by molar-refractivity contribution is 0.0528. The van der Waals surface area contributed by atoms with E-state index in [2.05, 4.69) is 21.7 Å². The number of carbonyl (C=O) groups is 1. The summed E-state index contributed by atoms with van der Waals surface area (Å²) < 4.78 is 5.18. The van der Waals surface area contributed by atoms with Crippen molar-refractivity contribution in [1.29, 1.82) is 0 Å². The average Bonchev–Trinajstić information content (AvgIpc) is 2.99. The van der Waals surface area contributed by atoms with Crippen molar-refractivity contribution in [2.45, 2.75) is 32.8 Å². The van der Waals surface area contributed by atoms with Crippen LogP contribution in [0.15, 0.2) is 35.8 Å². The van der Waals surface area contributed by atoms with Crippen LogP contribution in [0.25, 0.3) is 10.6 Å². The van der Waals surface area contributed by atoms with E-state index in [1.165, 1.54) is 0 Å². The summed E-state index contributed by atoms with van der Waals surface area (Å²) in [5.74, 6) is 0. The molecule has 1 aromatic heterocycles. The smallest absolute Gasteiger partial charge is 0.407 e. The molecule has 124 valence electrons. The second kappa shape index (κ2) is 7.97. The van der Waals surface area contributed by atoms with E-state index in [1.54, 1.807) is 11.3 Å². The molecule has 6 heteroatoms. The van der Waals surface area contributed by atoms with Crippen LogP contribution in [-0.4, -0.2) is 29.8 Å². The Kier molecular flexibility index (Phi) is 5.98. The van der Waals surface area contributed by atoms with E-state index in [0.717, 1.165) is 29.2 Å². The third kappa shape index (κ3) is 6.28. The number of hydrogen-bond donors (Lipinski definition) is 2. The number of aromatic nitrogens is 1. The highest BCUT2D eigenvalue weighted by Gasteiger charge is 2.15. The molecule has 0 aliphatic heterocycles. The Morgan fingerprint density at radius 2 is 2.13 bits per heavy atom. The van der Waals surface area contributed by atoms with E-state index in [0.29, 0.717) is 6.54 Å². The Hall–Kier alpha value is -2.08. The Balaban J connectivity index is 1.71. The summed E-state index contributed by atoms with van der Waals surface area (Å²) in [5.41, 5.74) is 1.70. The van der Waals surface area contributed by atoms with E-state index in [1.807, 2.05) is 50.5 Å². The van der Waals surface area contributed by atoms with Gasteiger partial charge in [-0.2, -0.15) is 0 Å². The molecule has 0 saturated carbocycles. The summed E-state index contributed by atoms with van der Waals surface area (Å²) in [5, 5.41) is 9.09. The first-order chi connectivity index (χ1) is 10.9. The second-order valence-corrected chi connectivity index (χ2v) is 7.02. The van der Waals surface area contributed by atoms with Gasteiger partial charge in [0.1, 0.15) is 10.6 Å². The zero-order valence-corrected chi connectivity index (χ0v) is 14.6. The Bertz CT molecular complexity index is 621. The van der Waals surface area contributed by atoms with E-state index >= 15 is 0 Å². The number of rotatable bonds is 6. The second-order valence-electron chi connectivity index (χ2n) is 6.13. The van der Waals surface area contributed by atoms with Gasteiger partial charge in [0.2, 0.25) is 0 Å². The number of amides is 1. The number of nitrogens with zero attached hydrogens (tertiary/aromatic N) is 1. The van der Waals surface area contributed by atoms with E-state index < -0.39 is 5.60 Å². The monoisotopic (exact) mass is 333 g/mol. The minimum Gasteiger partial charge on any atom is -0.444 e. The molecule has 2 aromatic rings. The molecule has 1 aromatic carbocycles. The Labute approximate surface area is 141 Å². The molecule has 0 fully saturated rings. The number of benzene rings is 1. The van der Waals surface area contributed by atoms with Gasteiger partial charge in [0.05, 0.1) is 0 Å². The van der Waals surface area contributed by atoms with Gasteiger partial charge in [0.15, 0.2) is 0 Å². The number of thiazole rings is 1. The summed E-state index contributed by atoms with van der Waals surface area (Å²) >= 11 is 1.62. The highest BCUT2D eigenvalue weighted by molar-refractivity contribution is 7.13. The molecule has 0 atom stereocenters. The molecule has 2 rings (SSSR count). The normalized spacial score (nSPS) is 11.1. The maximum atomic E-state index is 11.5. The quantitative estimate of drug-likeness (QED) is 0.780. The lowest BCUT2D eigenvalue weighted by atomic mass is 10.2. The fourth-order valence-corrected chi connectivity index (χ4v) is 2.59. The number of ether oxygens (including phenoxy) is 1. The lowest BCUT2D eigenvalue weighted by Crippen LogP contribution is -2.33. The average molecular weight is 333 g/mol. The van der Waals surface area contributed by atoms with Crippen LogP contribution in [-0.2, 0) is 4.74 Å². The highest BCUT2D eigenvalue weighted by Crippen LogP contribution is 2.24. The van der Waals surface area contributed by atoms with Crippen LogP contribution in [0.5, 0.6) is 0 Å². The summed E-state index contributed by atoms with van der Waals surface area (Å²) in [4.78, 5) is 15.8. The number of alkyl carbamates (subject to hydrolysis) is 1. The van der Waals surface area contributed by atoms with E-state index in [4.69, 9.17) is 4.74 Å². The maximum absolute atomic E-state index is 11.5. The molecule has 1 amide bonds. The third-order valence-corrected chi connectivity index (χ3v) is 3.71. The van der Waals surface area contributed by atoms with E-state index in [9.17, 15) is 4.79 Å². The van der Waals surface area contributed by atoms with Crippen LogP contribution >= 0.6 is 11.3 Å². The van der Waals surface area contributed by atoms with Gasteiger partial charge in [0.25, 0.3) is 0 Å². The van der Waals surface area contributed by atoms with Gasteiger partial charge < -0.3 is 15.4 Å². The first kappa shape index (κ1) is 17.3. The van der Waals surface area contributed by atoms with E-state index in [-0.39, 0.29) is 6.09 Å². The molecule has 5 nitrogen and oxygen atoms in total. The molecule has 0 spiro atoms. The summed E-state index contributed by atoms with van der Waals surface area (Å²) in [7, 11) is 0. The van der Waals surface area contributed by atoms with Gasteiger partial charge in [-0.3, -0.25) is 0 Å². The Morgan fingerprint density at radius 1 is 1.30 bits per heavy atom. The van der Waals surface area contributed by atoms with Crippen LogP contribution in [0.1, 0.15) is 27.2 Å². The first-order valence-electron chi connectivity index (χ1n) is 7.65. The molecule has 0 saturated heterocycles. The zero-order chi connectivity index (χ0) is 16.7. The minimum absolute atomic E-state index is 0.372. The number of hydrogen-bond acceptors (Lipinski definition) is 5. The first-order valence-corrected chi connectivity index (χ1v) is 8.53. The fraction of sp³-hybridized carbons (Fsp3) is 0.412. The van der Waals surface area contributed by atoms with Crippen molar-refractivity contribution in [1.82, 2.24) is 10.3 Å². The highest BCUT2D eigenvalue weighted by atomic mass is 32.1. The van der Waals surface area contributed by atoms with Crippen molar-refractivity contribution in [2.24, 2.45) is 0 Å². The van der Waals surface area contributed by atoms with Gasteiger partial charge in [-0.15, -0.1) is 11.3 Å². The van der Waals surface area contributed by atoms with Crippen molar-refractivity contribution in [2.75, 3.05) is 18.4 Å². The minimum atomic E-state index is -0.460. The molecule has 0 unspecified atom stereocenters. The lowest BCUT2D eigenvalue weighted by Gasteiger charge is -2.19. The SMILES string of the molecule is CC(C)(C)OC(=O)NCCCNc1cccc(-c2nccs2)c1. The van der Waals surface area contributed by atoms with Crippen molar-refractivity contribution < 1.29 is 9.53 Å². The molecule has 1 heterocycles. The van der Waals surface area contributed by atoms with Crippen LogP contribution < -0.4 is 10.6 Å². The molecule has 0 bridgehead atoms. The molecule has 0 radical (unpaired) electrons. The van der Waals surface area contributed by atoms with Gasteiger partial charge in [-0.1, -0.05) is 12.1 Å². The maximum Gasteiger partial charge on any atom is 0.407 e. The topological polar surface area (TPSA) is 63.2 Å². The van der Waals surface area contributed by atoms with Crippen molar-refractivity contribution in [3.05, 3.63) is 35.8 Å². The zero-order valence-electron chi connectivity index (χ0n) is 13.8. The number of nitrogens with one attached hydrogen (secondary N) is 2. The fourth-order valence-electron chi connectivity index (χ4n) is 1.95. The predicted molar refractivity (Wildman–Crippen MR) is 94.9 cm³/mol. The van der Waals surface area contributed by atoms with Crippen LogP contribution in [0.2, 0.25) is 0 Å². The largest absolute Gasteiger partial charge is 0.444 e. The predicted octanol–water partition coefficient (Wildman–Crippen LogP) is 4.14. The molecule has 2 N–H and O–H groups in total.